The van der Waals surface area contributed by atoms with Crippen LogP contribution in [0.1, 0.15) is 57.1 Å². The van der Waals surface area contributed by atoms with Crippen molar-refractivity contribution in [2.75, 3.05) is 37.5 Å². The van der Waals surface area contributed by atoms with E-state index in [1.54, 1.807) is 23.5 Å². The van der Waals surface area contributed by atoms with Crippen LogP contribution < -0.4 is 5.32 Å². The number of benzene rings is 2. The van der Waals surface area contributed by atoms with Crippen molar-refractivity contribution in [3.63, 3.8) is 0 Å². The lowest BCUT2D eigenvalue weighted by Crippen LogP contribution is -2.43. The van der Waals surface area contributed by atoms with Crippen molar-refractivity contribution >= 4 is 39.8 Å². The van der Waals surface area contributed by atoms with Crippen molar-refractivity contribution in [2.45, 2.75) is 63.8 Å². The van der Waals surface area contributed by atoms with Gasteiger partial charge in [0.1, 0.15) is 0 Å². The van der Waals surface area contributed by atoms with Crippen molar-refractivity contribution in [3.8, 4) is 12.8 Å². The van der Waals surface area contributed by atoms with Crippen molar-refractivity contribution in [1.29, 1.82) is 5.41 Å². The Morgan fingerprint density at radius 3 is 2.48 bits per heavy atom. The first kappa shape index (κ1) is 33.8. The van der Waals surface area contributed by atoms with Crippen LogP contribution >= 0.6 is 23.5 Å². The number of allylic oxidation sites excluding steroid dienone is 2. The number of hydrogen-bond donors (Lipinski definition) is 2. The summed E-state index contributed by atoms with van der Waals surface area (Å²) in [7, 11) is 0. The van der Waals surface area contributed by atoms with Crippen LogP contribution in [-0.2, 0) is 0 Å². The molecule has 216 valence electrons. The van der Waals surface area contributed by atoms with Crippen LogP contribution in [0.5, 0.6) is 0 Å². The van der Waals surface area contributed by atoms with E-state index in [0.29, 0.717) is 0 Å². The maximum atomic E-state index is 7.52. The van der Waals surface area contributed by atoms with E-state index in [1.807, 2.05) is 6.92 Å². The topological polar surface area (TPSA) is 39.1 Å². The van der Waals surface area contributed by atoms with Gasteiger partial charge in [-0.25, -0.2) is 0 Å². The molecule has 2 aliphatic rings. The van der Waals surface area contributed by atoms with Gasteiger partial charge in [-0.05, 0) is 99.9 Å². The van der Waals surface area contributed by atoms with E-state index >= 15 is 0 Å². The van der Waals surface area contributed by atoms with Crippen LogP contribution in [0.15, 0.2) is 71.7 Å². The molecule has 0 radical (unpaired) electrons. The molecule has 3 unspecified atom stereocenters. The number of likely N-dealkylation sites (tertiary alicyclic amines) is 1. The fourth-order valence-corrected chi connectivity index (χ4v) is 6.59. The maximum absolute atomic E-state index is 7.52. The minimum Gasteiger partial charge on any atom is -0.379 e. The van der Waals surface area contributed by atoms with Gasteiger partial charge in [-0.2, -0.15) is 0 Å². The molecule has 0 spiro atoms. The number of hydrogen-bond acceptors (Lipinski definition) is 5. The van der Waals surface area contributed by atoms with Gasteiger partial charge in [0.15, 0.2) is 0 Å². The van der Waals surface area contributed by atoms with Crippen LogP contribution in [0, 0.1) is 37.0 Å². The highest BCUT2D eigenvalue weighted by Crippen LogP contribution is 2.36. The van der Waals surface area contributed by atoms with Gasteiger partial charge >= 0.3 is 0 Å². The Kier molecular flexibility index (Phi) is 15.9. The van der Waals surface area contributed by atoms with Crippen molar-refractivity contribution in [3.05, 3.63) is 77.9 Å². The molecule has 3 nitrogen and oxygen atoms in total. The minimum absolute atomic E-state index is 0.281. The molecule has 1 saturated carbocycles. The molecule has 3 atom stereocenters. The van der Waals surface area contributed by atoms with Gasteiger partial charge in [-0.15, -0.1) is 36.4 Å². The molecular formula is C35H49N3S2. The van der Waals surface area contributed by atoms with Crippen molar-refractivity contribution in [2.24, 2.45) is 11.8 Å². The number of rotatable bonds is 9. The SMILES string of the molecule is C#C.CC(=N)CN1CCC2CCCCC2C1.CS/C(=C\C=C\C(C)Nc1ccccc1C)c1cccc(SC)c1. The Hall–Kier alpha value is -2.39. The standard InChI is InChI=1S/C21H25NS2.C12H22N2.C2H2/c1-16-9-5-6-13-20(16)22-17(2)10-7-14-21(24-4)18-11-8-12-19(15-18)23-3;1-10(13)8-14-7-6-11-4-2-3-5-12(11)9-14;1-2/h5-15,17,22H,1-4H3;11-13H,2-9H2,1H3;1-2H/b10-7+,21-14-;;. The van der Waals surface area contributed by atoms with Gasteiger partial charge < -0.3 is 10.7 Å². The van der Waals surface area contributed by atoms with Crippen LogP contribution in [0.3, 0.4) is 0 Å². The van der Waals surface area contributed by atoms with E-state index in [9.17, 15) is 0 Å². The monoisotopic (exact) mass is 575 g/mol. The first-order chi connectivity index (χ1) is 19.4. The van der Waals surface area contributed by atoms with E-state index in [-0.39, 0.29) is 6.04 Å². The van der Waals surface area contributed by atoms with Crippen molar-refractivity contribution in [1.82, 2.24) is 4.90 Å². The number of nitrogens with zero attached hydrogens (tertiary/aromatic N) is 1. The lowest BCUT2D eigenvalue weighted by Gasteiger charge is -2.41. The van der Waals surface area contributed by atoms with Crippen LogP contribution in [0.4, 0.5) is 5.69 Å². The third-order valence-corrected chi connectivity index (χ3v) is 9.12. The number of thioether (sulfide) groups is 2. The number of anilines is 1. The Labute approximate surface area is 253 Å². The van der Waals surface area contributed by atoms with Gasteiger partial charge in [0, 0.05) is 40.3 Å². The van der Waals surface area contributed by atoms with E-state index in [0.717, 1.165) is 24.1 Å². The zero-order valence-corrected chi connectivity index (χ0v) is 26.8. The normalized spacial score (nSPS) is 19.8. The first-order valence-corrected chi connectivity index (χ1v) is 16.8. The lowest BCUT2D eigenvalue weighted by molar-refractivity contribution is 0.0976. The molecule has 0 aromatic heterocycles. The predicted octanol–water partition coefficient (Wildman–Crippen LogP) is 9.27. The molecule has 40 heavy (non-hydrogen) atoms. The summed E-state index contributed by atoms with van der Waals surface area (Å²) < 4.78 is 0. The van der Waals surface area contributed by atoms with E-state index < -0.39 is 0 Å². The van der Waals surface area contributed by atoms with Crippen LogP contribution in [-0.4, -0.2) is 48.8 Å². The molecule has 1 aliphatic carbocycles. The largest absolute Gasteiger partial charge is 0.379 e. The number of aryl methyl sites for hydroxylation is 1. The number of para-hydroxylation sites is 1. The second-order valence-electron chi connectivity index (χ2n) is 10.7. The molecule has 2 aromatic carbocycles. The summed E-state index contributed by atoms with van der Waals surface area (Å²) in [4.78, 5) is 5.06. The van der Waals surface area contributed by atoms with Gasteiger partial charge in [0.2, 0.25) is 0 Å². The number of nitrogens with one attached hydrogen (secondary N) is 2. The molecule has 4 rings (SSSR count). The number of piperidine rings is 1. The highest BCUT2D eigenvalue weighted by Gasteiger charge is 2.30. The summed E-state index contributed by atoms with van der Waals surface area (Å²) in [5, 5.41) is 11.1. The summed E-state index contributed by atoms with van der Waals surface area (Å²) >= 11 is 3.56. The average Bonchev–Trinajstić information content (AvgIpc) is 2.97. The predicted molar refractivity (Wildman–Crippen MR) is 183 cm³/mol. The van der Waals surface area contributed by atoms with Gasteiger partial charge in [-0.3, -0.25) is 4.90 Å². The Morgan fingerprint density at radius 2 is 1.80 bits per heavy atom. The average molecular weight is 576 g/mol. The molecule has 1 heterocycles. The van der Waals surface area contributed by atoms with E-state index in [1.165, 1.54) is 71.8 Å². The van der Waals surface area contributed by atoms with Crippen LogP contribution in [0.25, 0.3) is 4.91 Å². The molecule has 0 amide bonds. The second-order valence-corrected chi connectivity index (χ2v) is 12.4. The van der Waals surface area contributed by atoms with Gasteiger partial charge in [0.05, 0.1) is 0 Å². The fourth-order valence-electron chi connectivity index (χ4n) is 5.55. The Bertz CT molecular complexity index is 1120. The van der Waals surface area contributed by atoms with Crippen molar-refractivity contribution < 1.29 is 0 Å². The highest BCUT2D eigenvalue weighted by atomic mass is 32.2. The Balaban J connectivity index is 0.000000296. The number of fused-ring (bicyclic) bond motifs is 1. The third kappa shape index (κ3) is 11.6. The highest BCUT2D eigenvalue weighted by molar-refractivity contribution is 8.07. The molecule has 2 aromatic rings. The summed E-state index contributed by atoms with van der Waals surface area (Å²) in [6.07, 6.45) is 26.0. The summed E-state index contributed by atoms with van der Waals surface area (Å²) in [6, 6.07) is 17.4. The molecule has 0 bridgehead atoms. The third-order valence-electron chi connectivity index (χ3n) is 7.59. The van der Waals surface area contributed by atoms with Gasteiger partial charge in [-0.1, -0.05) is 61.7 Å². The van der Waals surface area contributed by atoms with Crippen LogP contribution in [0.2, 0.25) is 0 Å². The molecule has 1 saturated heterocycles. The molecule has 1 aliphatic heterocycles. The molecule has 5 heteroatoms. The summed E-state index contributed by atoms with van der Waals surface area (Å²) in [5.74, 6) is 1.97. The minimum atomic E-state index is 0.281. The number of terminal acetylenes is 1. The first-order valence-electron chi connectivity index (χ1n) is 14.4. The summed E-state index contributed by atoms with van der Waals surface area (Å²) in [6.45, 7) is 9.63. The lowest BCUT2D eigenvalue weighted by atomic mass is 9.75. The molecule has 2 N–H and O–H groups in total. The smallest absolute Gasteiger partial charge is 0.0419 e. The van der Waals surface area contributed by atoms with E-state index in [2.05, 4.69) is 116 Å². The Morgan fingerprint density at radius 1 is 1.07 bits per heavy atom. The van der Waals surface area contributed by atoms with E-state index in [4.69, 9.17) is 5.41 Å². The quantitative estimate of drug-likeness (QED) is 0.135. The fraction of sp³-hybridized carbons (Fsp3) is 0.457. The van der Waals surface area contributed by atoms with Gasteiger partial charge in [0.25, 0.3) is 0 Å². The molecule has 2 fully saturated rings. The second kappa shape index (κ2) is 18.9. The molecular weight excluding hydrogens is 527 g/mol. The zero-order chi connectivity index (χ0) is 29.3. The summed E-state index contributed by atoms with van der Waals surface area (Å²) in [5.41, 5.74) is 4.56. The maximum Gasteiger partial charge on any atom is 0.0419 e. The zero-order valence-electron chi connectivity index (χ0n) is 25.2.